The first-order valence-electron chi connectivity index (χ1n) is 5.25. The molecular formula is C11H24N2. The van der Waals surface area contributed by atoms with Crippen LogP contribution in [0.3, 0.4) is 0 Å². The summed E-state index contributed by atoms with van der Waals surface area (Å²) in [6.45, 7) is 10.5. The van der Waals surface area contributed by atoms with Gasteiger partial charge in [0.1, 0.15) is 0 Å². The van der Waals surface area contributed by atoms with Crippen molar-refractivity contribution < 1.29 is 0 Å². The fourth-order valence-electron chi connectivity index (χ4n) is 2.31. The predicted octanol–water partition coefficient (Wildman–Crippen LogP) is 1.81. The molecule has 2 atom stereocenters. The summed E-state index contributed by atoms with van der Waals surface area (Å²) < 4.78 is 0. The van der Waals surface area contributed by atoms with Crippen molar-refractivity contribution >= 4 is 0 Å². The Morgan fingerprint density at radius 1 is 1.23 bits per heavy atom. The van der Waals surface area contributed by atoms with Crippen LogP contribution in [0.1, 0.15) is 34.1 Å². The van der Waals surface area contributed by atoms with Gasteiger partial charge in [-0.25, -0.2) is 0 Å². The first kappa shape index (κ1) is 11.0. The highest BCUT2D eigenvalue weighted by molar-refractivity contribution is 4.92. The SMILES string of the molecule is C[C@@H]1CC(N(C)C)CN1C(C)(C)C. The van der Waals surface area contributed by atoms with Crippen molar-refractivity contribution in [2.75, 3.05) is 20.6 Å². The lowest BCUT2D eigenvalue weighted by Crippen LogP contribution is -2.44. The van der Waals surface area contributed by atoms with Crippen molar-refractivity contribution in [3.63, 3.8) is 0 Å². The van der Waals surface area contributed by atoms with Gasteiger partial charge in [-0.05, 0) is 48.2 Å². The van der Waals surface area contributed by atoms with E-state index >= 15 is 0 Å². The average molecular weight is 184 g/mol. The molecule has 1 heterocycles. The van der Waals surface area contributed by atoms with E-state index in [-0.39, 0.29) is 0 Å². The van der Waals surface area contributed by atoms with Gasteiger partial charge in [0.05, 0.1) is 0 Å². The Balaban J connectivity index is 2.62. The van der Waals surface area contributed by atoms with E-state index in [0.717, 1.165) is 12.1 Å². The van der Waals surface area contributed by atoms with Gasteiger partial charge in [0.25, 0.3) is 0 Å². The molecule has 0 aromatic carbocycles. The van der Waals surface area contributed by atoms with Gasteiger partial charge in [-0.15, -0.1) is 0 Å². The van der Waals surface area contributed by atoms with Crippen LogP contribution in [-0.4, -0.2) is 48.1 Å². The van der Waals surface area contributed by atoms with Crippen molar-refractivity contribution in [3.8, 4) is 0 Å². The van der Waals surface area contributed by atoms with Crippen molar-refractivity contribution in [1.29, 1.82) is 0 Å². The first-order chi connectivity index (χ1) is 5.82. The van der Waals surface area contributed by atoms with Gasteiger partial charge >= 0.3 is 0 Å². The van der Waals surface area contributed by atoms with Crippen molar-refractivity contribution in [3.05, 3.63) is 0 Å². The highest BCUT2D eigenvalue weighted by atomic mass is 15.3. The molecule has 0 spiro atoms. The second-order valence-electron chi connectivity index (χ2n) is 5.53. The average Bonchev–Trinajstić information content (AvgIpc) is 2.29. The summed E-state index contributed by atoms with van der Waals surface area (Å²) in [5.74, 6) is 0. The van der Waals surface area contributed by atoms with Crippen LogP contribution in [0.25, 0.3) is 0 Å². The van der Waals surface area contributed by atoms with Crippen LogP contribution >= 0.6 is 0 Å². The number of likely N-dealkylation sites (tertiary alicyclic amines) is 1. The largest absolute Gasteiger partial charge is 0.305 e. The Kier molecular flexibility index (Phi) is 3.03. The fourth-order valence-corrected chi connectivity index (χ4v) is 2.31. The molecule has 78 valence electrons. The monoisotopic (exact) mass is 184 g/mol. The third-order valence-corrected chi connectivity index (χ3v) is 3.14. The molecule has 0 saturated carbocycles. The molecule has 1 aliphatic heterocycles. The minimum atomic E-state index is 0.324. The highest BCUT2D eigenvalue weighted by Gasteiger charge is 2.36. The summed E-state index contributed by atoms with van der Waals surface area (Å²) in [6, 6.07) is 1.47. The Bertz CT molecular complexity index is 169. The first-order valence-corrected chi connectivity index (χ1v) is 5.25. The van der Waals surface area contributed by atoms with Crippen molar-refractivity contribution in [1.82, 2.24) is 9.80 Å². The Morgan fingerprint density at radius 2 is 1.77 bits per heavy atom. The molecule has 0 bridgehead atoms. The molecule has 1 saturated heterocycles. The predicted molar refractivity (Wildman–Crippen MR) is 58.0 cm³/mol. The van der Waals surface area contributed by atoms with Gasteiger partial charge in [-0.2, -0.15) is 0 Å². The molecule has 0 aromatic heterocycles. The number of rotatable bonds is 1. The minimum Gasteiger partial charge on any atom is -0.305 e. The summed E-state index contributed by atoms with van der Waals surface area (Å²) in [7, 11) is 4.37. The second kappa shape index (κ2) is 3.58. The number of nitrogens with zero attached hydrogens (tertiary/aromatic N) is 2. The molecule has 0 aromatic rings. The summed E-state index contributed by atoms with van der Waals surface area (Å²) in [5, 5.41) is 0. The van der Waals surface area contributed by atoms with Gasteiger partial charge in [-0.1, -0.05) is 0 Å². The van der Waals surface area contributed by atoms with Gasteiger partial charge in [0, 0.05) is 24.2 Å². The molecule has 0 N–H and O–H groups in total. The molecule has 0 aliphatic carbocycles. The fraction of sp³-hybridized carbons (Fsp3) is 1.00. The molecule has 2 nitrogen and oxygen atoms in total. The lowest BCUT2D eigenvalue weighted by atomic mass is 10.1. The maximum absolute atomic E-state index is 2.61. The van der Waals surface area contributed by atoms with Gasteiger partial charge in [0.15, 0.2) is 0 Å². The summed E-state index contributed by atoms with van der Waals surface area (Å²) in [6.07, 6.45) is 1.31. The molecule has 0 radical (unpaired) electrons. The standard InChI is InChI=1S/C11H24N2/c1-9-7-10(12(5)6)8-13(9)11(2,3)4/h9-10H,7-8H2,1-6H3/t9-,10?/m1/s1. The zero-order valence-electron chi connectivity index (χ0n) is 9.96. The quantitative estimate of drug-likeness (QED) is 0.613. The molecule has 1 aliphatic rings. The van der Waals surface area contributed by atoms with Gasteiger partial charge in [0.2, 0.25) is 0 Å². The Hall–Kier alpha value is -0.0800. The third-order valence-electron chi connectivity index (χ3n) is 3.14. The van der Waals surface area contributed by atoms with Crippen LogP contribution in [0.5, 0.6) is 0 Å². The van der Waals surface area contributed by atoms with Crippen LogP contribution < -0.4 is 0 Å². The normalized spacial score (nSPS) is 31.6. The van der Waals surface area contributed by atoms with E-state index in [1.807, 2.05) is 0 Å². The van der Waals surface area contributed by atoms with Crippen LogP contribution in [0.4, 0.5) is 0 Å². The molecular weight excluding hydrogens is 160 g/mol. The molecule has 2 heteroatoms. The van der Waals surface area contributed by atoms with Crippen LogP contribution in [0.15, 0.2) is 0 Å². The Labute approximate surface area is 82.9 Å². The lowest BCUT2D eigenvalue weighted by molar-refractivity contribution is 0.123. The maximum atomic E-state index is 2.61. The Morgan fingerprint density at radius 3 is 2.00 bits per heavy atom. The lowest BCUT2D eigenvalue weighted by Gasteiger charge is -2.35. The second-order valence-corrected chi connectivity index (χ2v) is 5.53. The molecule has 1 unspecified atom stereocenters. The third kappa shape index (κ3) is 2.44. The van der Waals surface area contributed by atoms with E-state index in [2.05, 4.69) is 51.6 Å². The van der Waals surface area contributed by atoms with Crippen LogP contribution in [0.2, 0.25) is 0 Å². The summed E-state index contributed by atoms with van der Waals surface area (Å²) in [4.78, 5) is 4.96. The van der Waals surface area contributed by atoms with Crippen molar-refractivity contribution in [2.45, 2.75) is 51.7 Å². The van der Waals surface area contributed by atoms with E-state index in [9.17, 15) is 0 Å². The topological polar surface area (TPSA) is 6.48 Å². The zero-order valence-corrected chi connectivity index (χ0v) is 9.96. The molecule has 0 amide bonds. The smallest absolute Gasteiger partial charge is 0.0232 e. The van der Waals surface area contributed by atoms with Crippen LogP contribution in [0, 0.1) is 0 Å². The van der Waals surface area contributed by atoms with E-state index in [1.165, 1.54) is 13.0 Å². The number of likely N-dealkylation sites (N-methyl/N-ethyl adjacent to an activating group) is 1. The van der Waals surface area contributed by atoms with Gasteiger partial charge < -0.3 is 4.90 Å². The number of hydrogen-bond acceptors (Lipinski definition) is 2. The highest BCUT2D eigenvalue weighted by Crippen LogP contribution is 2.27. The summed E-state index contributed by atoms with van der Waals surface area (Å²) in [5.41, 5.74) is 0.324. The van der Waals surface area contributed by atoms with Crippen molar-refractivity contribution in [2.24, 2.45) is 0 Å². The van der Waals surface area contributed by atoms with E-state index in [0.29, 0.717) is 5.54 Å². The maximum Gasteiger partial charge on any atom is 0.0232 e. The molecule has 1 rings (SSSR count). The number of hydrogen-bond donors (Lipinski definition) is 0. The van der Waals surface area contributed by atoms with Crippen LogP contribution in [-0.2, 0) is 0 Å². The van der Waals surface area contributed by atoms with Gasteiger partial charge in [-0.3, -0.25) is 4.90 Å². The van der Waals surface area contributed by atoms with E-state index in [4.69, 9.17) is 0 Å². The van der Waals surface area contributed by atoms with E-state index < -0.39 is 0 Å². The minimum absolute atomic E-state index is 0.324. The molecule has 1 fully saturated rings. The summed E-state index contributed by atoms with van der Waals surface area (Å²) >= 11 is 0. The van der Waals surface area contributed by atoms with E-state index in [1.54, 1.807) is 0 Å². The molecule has 13 heavy (non-hydrogen) atoms. The zero-order chi connectivity index (χ0) is 10.2.